The predicted molar refractivity (Wildman–Crippen MR) is 110 cm³/mol. The number of nitrogens with zero attached hydrogens (tertiary/aromatic N) is 1. The van der Waals surface area contributed by atoms with Crippen molar-refractivity contribution in [2.75, 3.05) is 27.8 Å². The minimum Gasteiger partial charge on any atom is -0.493 e. The molecular formula is C23H26N2O3. The van der Waals surface area contributed by atoms with Crippen LogP contribution in [-0.2, 0) is 16.6 Å². The average molecular weight is 378 g/mol. The zero-order chi connectivity index (χ0) is 19.7. The van der Waals surface area contributed by atoms with Crippen molar-refractivity contribution in [2.45, 2.75) is 24.7 Å². The minimum absolute atomic E-state index is 0.0710. The summed E-state index contributed by atoms with van der Waals surface area (Å²) in [5.41, 5.74) is 3.48. The lowest BCUT2D eigenvalue weighted by Gasteiger charge is -2.24. The van der Waals surface area contributed by atoms with Crippen LogP contribution in [-0.4, -0.2) is 43.6 Å². The number of benzene rings is 2. The summed E-state index contributed by atoms with van der Waals surface area (Å²) in [4.78, 5) is 18.1. The number of aromatic nitrogens is 1. The molecule has 1 aliphatic carbocycles. The molecule has 1 saturated carbocycles. The van der Waals surface area contributed by atoms with Gasteiger partial charge in [0.15, 0.2) is 11.5 Å². The van der Waals surface area contributed by atoms with Crippen LogP contribution in [0.3, 0.4) is 0 Å². The Morgan fingerprint density at radius 2 is 1.86 bits per heavy atom. The van der Waals surface area contributed by atoms with Crippen molar-refractivity contribution in [1.29, 1.82) is 0 Å². The molecule has 0 unspecified atom stereocenters. The molecule has 28 heavy (non-hydrogen) atoms. The number of likely N-dealkylation sites (N-methyl/N-ethyl adjacent to an activating group) is 1. The third kappa shape index (κ3) is 3.33. The summed E-state index contributed by atoms with van der Waals surface area (Å²) in [6, 6.07) is 14.0. The van der Waals surface area contributed by atoms with E-state index in [0.29, 0.717) is 17.9 Å². The number of fused-ring (bicyclic) bond motifs is 1. The monoisotopic (exact) mass is 378 g/mol. The van der Waals surface area contributed by atoms with Gasteiger partial charge in [0.25, 0.3) is 0 Å². The van der Waals surface area contributed by atoms with Gasteiger partial charge in [0.2, 0.25) is 5.91 Å². The second-order valence-corrected chi connectivity index (χ2v) is 7.64. The fourth-order valence-corrected chi connectivity index (χ4v) is 4.02. The summed E-state index contributed by atoms with van der Waals surface area (Å²) in [7, 11) is 5.11. The van der Waals surface area contributed by atoms with E-state index in [1.807, 2.05) is 36.2 Å². The van der Waals surface area contributed by atoms with Gasteiger partial charge in [0.05, 0.1) is 20.6 Å². The predicted octanol–water partition coefficient (Wildman–Crippen LogP) is 3.92. The topological polar surface area (TPSA) is 54.6 Å². The summed E-state index contributed by atoms with van der Waals surface area (Å²) < 4.78 is 10.6. The van der Waals surface area contributed by atoms with Gasteiger partial charge in [-0.25, -0.2) is 0 Å². The Hall–Kier alpha value is -2.95. The first kappa shape index (κ1) is 18.4. The number of carbonyl (C=O) groups is 1. The van der Waals surface area contributed by atoms with E-state index >= 15 is 0 Å². The molecule has 0 aliphatic heterocycles. The molecule has 0 radical (unpaired) electrons. The van der Waals surface area contributed by atoms with Crippen molar-refractivity contribution < 1.29 is 14.3 Å². The smallest absolute Gasteiger partial charge is 0.226 e. The zero-order valence-electron chi connectivity index (χ0n) is 16.6. The van der Waals surface area contributed by atoms with Crippen LogP contribution in [0.4, 0.5) is 0 Å². The Morgan fingerprint density at radius 1 is 1.11 bits per heavy atom. The van der Waals surface area contributed by atoms with Crippen molar-refractivity contribution in [3.05, 3.63) is 59.8 Å². The van der Waals surface area contributed by atoms with Crippen LogP contribution in [0.15, 0.2) is 48.7 Å². The van der Waals surface area contributed by atoms with Gasteiger partial charge >= 0.3 is 0 Å². The first-order valence-electron chi connectivity index (χ1n) is 9.58. The van der Waals surface area contributed by atoms with E-state index in [2.05, 4.69) is 29.4 Å². The largest absolute Gasteiger partial charge is 0.493 e. The van der Waals surface area contributed by atoms with Crippen molar-refractivity contribution in [2.24, 2.45) is 0 Å². The average Bonchev–Trinajstić information content (AvgIpc) is 3.35. The van der Waals surface area contributed by atoms with Gasteiger partial charge in [0.1, 0.15) is 0 Å². The highest BCUT2D eigenvalue weighted by atomic mass is 16.5. The van der Waals surface area contributed by atoms with Crippen molar-refractivity contribution in [3.8, 4) is 11.5 Å². The fourth-order valence-electron chi connectivity index (χ4n) is 4.02. The normalized spacial score (nSPS) is 14.7. The van der Waals surface area contributed by atoms with E-state index in [9.17, 15) is 4.79 Å². The maximum Gasteiger partial charge on any atom is 0.226 e. The SMILES string of the molecule is COc1ccc(CC(=O)N(C)CC2(c3c[nH]c4ccccc34)CC2)cc1OC. The van der Waals surface area contributed by atoms with E-state index in [0.717, 1.165) is 30.5 Å². The molecule has 4 rings (SSSR count). The summed E-state index contributed by atoms with van der Waals surface area (Å²) in [5, 5.41) is 1.26. The van der Waals surface area contributed by atoms with Gasteiger partial charge < -0.3 is 19.4 Å². The number of H-pyrrole nitrogens is 1. The first-order chi connectivity index (χ1) is 13.6. The van der Waals surface area contributed by atoms with E-state index in [1.165, 1.54) is 10.9 Å². The van der Waals surface area contributed by atoms with Crippen molar-refractivity contribution in [3.63, 3.8) is 0 Å². The summed E-state index contributed by atoms with van der Waals surface area (Å²) in [6.45, 7) is 0.737. The number of hydrogen-bond acceptors (Lipinski definition) is 3. The Kier molecular flexibility index (Phi) is 4.75. The molecule has 1 N–H and O–H groups in total. The molecule has 0 atom stereocenters. The van der Waals surface area contributed by atoms with Crippen LogP contribution in [0.5, 0.6) is 11.5 Å². The number of ether oxygens (including phenoxy) is 2. The van der Waals surface area contributed by atoms with Crippen LogP contribution in [0.25, 0.3) is 10.9 Å². The molecule has 0 spiro atoms. The molecule has 5 heteroatoms. The Bertz CT molecular complexity index is 1000. The van der Waals surface area contributed by atoms with Crippen LogP contribution in [0, 0.1) is 0 Å². The lowest BCUT2D eigenvalue weighted by Crippen LogP contribution is -2.35. The maximum absolute atomic E-state index is 12.9. The number of hydrogen-bond donors (Lipinski definition) is 1. The van der Waals surface area contributed by atoms with E-state index in [4.69, 9.17) is 9.47 Å². The third-order valence-corrected chi connectivity index (χ3v) is 5.78. The number of aromatic amines is 1. The molecule has 0 saturated heterocycles. The minimum atomic E-state index is 0.0710. The van der Waals surface area contributed by atoms with Crippen molar-refractivity contribution >= 4 is 16.8 Å². The summed E-state index contributed by atoms with van der Waals surface area (Å²) in [5.74, 6) is 1.43. The standard InChI is InChI=1S/C23H26N2O3/c1-25(22(26)13-16-8-9-20(27-2)21(12-16)28-3)15-23(10-11-23)18-14-24-19-7-5-4-6-17(18)19/h4-9,12,14,24H,10-11,13,15H2,1-3H3. The Morgan fingerprint density at radius 3 is 2.57 bits per heavy atom. The van der Waals surface area contributed by atoms with E-state index in [-0.39, 0.29) is 11.3 Å². The summed E-state index contributed by atoms with van der Waals surface area (Å²) in [6.07, 6.45) is 4.69. The second-order valence-electron chi connectivity index (χ2n) is 7.64. The molecule has 1 aromatic heterocycles. The van der Waals surface area contributed by atoms with Gasteiger partial charge in [-0.1, -0.05) is 24.3 Å². The number of methoxy groups -OCH3 is 2. The zero-order valence-corrected chi connectivity index (χ0v) is 16.6. The van der Waals surface area contributed by atoms with Crippen LogP contribution in [0.2, 0.25) is 0 Å². The van der Waals surface area contributed by atoms with Crippen LogP contribution in [0.1, 0.15) is 24.0 Å². The lowest BCUT2D eigenvalue weighted by atomic mass is 9.94. The van der Waals surface area contributed by atoms with Gasteiger partial charge in [0, 0.05) is 36.1 Å². The number of rotatable bonds is 7. The van der Waals surface area contributed by atoms with Crippen molar-refractivity contribution in [1.82, 2.24) is 9.88 Å². The molecule has 1 heterocycles. The molecule has 5 nitrogen and oxygen atoms in total. The van der Waals surface area contributed by atoms with Gasteiger partial charge in [-0.05, 0) is 42.2 Å². The fraction of sp³-hybridized carbons (Fsp3) is 0.348. The van der Waals surface area contributed by atoms with Crippen LogP contribution < -0.4 is 9.47 Å². The Labute approximate surface area is 165 Å². The lowest BCUT2D eigenvalue weighted by molar-refractivity contribution is -0.129. The first-order valence-corrected chi connectivity index (χ1v) is 9.58. The molecule has 146 valence electrons. The van der Waals surface area contributed by atoms with E-state index in [1.54, 1.807) is 14.2 Å². The molecular weight excluding hydrogens is 352 g/mol. The Balaban J connectivity index is 1.48. The molecule has 1 fully saturated rings. The molecule has 3 aromatic rings. The highest BCUT2D eigenvalue weighted by Crippen LogP contribution is 2.50. The third-order valence-electron chi connectivity index (χ3n) is 5.78. The van der Waals surface area contributed by atoms with Gasteiger partial charge in [-0.15, -0.1) is 0 Å². The highest BCUT2D eigenvalue weighted by Gasteiger charge is 2.47. The number of nitrogens with one attached hydrogen (secondary N) is 1. The van der Waals surface area contributed by atoms with Crippen LogP contribution >= 0.6 is 0 Å². The number of carbonyl (C=O) groups excluding carboxylic acids is 1. The molecule has 2 aromatic carbocycles. The second kappa shape index (κ2) is 7.23. The quantitative estimate of drug-likeness (QED) is 0.678. The highest BCUT2D eigenvalue weighted by molar-refractivity contribution is 5.85. The van der Waals surface area contributed by atoms with Gasteiger partial charge in [-0.2, -0.15) is 0 Å². The molecule has 0 bridgehead atoms. The maximum atomic E-state index is 12.9. The molecule has 1 amide bonds. The van der Waals surface area contributed by atoms with Gasteiger partial charge in [-0.3, -0.25) is 4.79 Å². The van der Waals surface area contributed by atoms with E-state index < -0.39 is 0 Å². The summed E-state index contributed by atoms with van der Waals surface area (Å²) >= 11 is 0. The number of para-hydroxylation sites is 1. The molecule has 1 aliphatic rings. The number of amides is 1.